The average molecular weight is 270 g/mol. The zero-order chi connectivity index (χ0) is 14.5. The molecule has 0 atom stereocenters. The molecule has 1 aromatic carbocycles. The minimum absolute atomic E-state index is 0.0815. The molecule has 0 aliphatic rings. The zero-order valence-electron chi connectivity index (χ0n) is 11.1. The number of hydrogen-bond donors (Lipinski definition) is 0. The van der Waals surface area contributed by atoms with Gasteiger partial charge in [-0.15, -0.1) is 6.42 Å². The Balaban J connectivity index is 2.44. The Hall–Kier alpha value is -2.74. The lowest BCUT2D eigenvalue weighted by Gasteiger charge is -2.08. The molecule has 0 N–H and O–H groups in total. The van der Waals surface area contributed by atoms with E-state index in [1.807, 2.05) is 6.92 Å². The first-order valence-electron chi connectivity index (χ1n) is 6.16. The minimum atomic E-state index is -0.640. The third-order valence-corrected chi connectivity index (χ3v) is 2.75. The van der Waals surface area contributed by atoms with Crippen molar-refractivity contribution in [3.8, 4) is 23.8 Å². The quantitative estimate of drug-likeness (QED) is 0.616. The van der Waals surface area contributed by atoms with Crippen molar-refractivity contribution in [2.45, 2.75) is 13.5 Å². The van der Waals surface area contributed by atoms with Crippen LogP contribution in [0.3, 0.4) is 0 Å². The molecule has 0 radical (unpaired) electrons. The predicted octanol–water partition coefficient (Wildman–Crippen LogP) is 1.03. The van der Waals surface area contributed by atoms with Gasteiger partial charge in [-0.2, -0.15) is 0 Å². The van der Waals surface area contributed by atoms with E-state index < -0.39 is 11.1 Å². The van der Waals surface area contributed by atoms with Crippen molar-refractivity contribution >= 4 is 0 Å². The number of rotatable bonds is 4. The molecule has 20 heavy (non-hydrogen) atoms. The molecule has 5 heteroatoms. The van der Waals surface area contributed by atoms with Crippen molar-refractivity contribution in [1.29, 1.82) is 0 Å². The highest BCUT2D eigenvalue weighted by Crippen LogP contribution is 2.13. The summed E-state index contributed by atoms with van der Waals surface area (Å²) in [5.41, 5.74) is -0.672. The molecule has 0 bridgehead atoms. The van der Waals surface area contributed by atoms with Gasteiger partial charge in [-0.1, -0.05) is 5.92 Å². The summed E-state index contributed by atoms with van der Waals surface area (Å²) < 4.78 is 7.81. The fraction of sp³-hybridized carbons (Fsp3) is 0.200. The summed E-state index contributed by atoms with van der Waals surface area (Å²) in [6.07, 6.45) is 8.17. The smallest absolute Gasteiger partial charge is 0.321 e. The van der Waals surface area contributed by atoms with E-state index in [2.05, 4.69) is 5.92 Å². The Morgan fingerprint density at radius 1 is 1.15 bits per heavy atom. The van der Waals surface area contributed by atoms with Gasteiger partial charge in [-0.05, 0) is 31.2 Å². The number of aromatic nitrogens is 2. The van der Waals surface area contributed by atoms with Gasteiger partial charge >= 0.3 is 11.1 Å². The Morgan fingerprint density at radius 2 is 1.85 bits per heavy atom. The molecule has 102 valence electrons. The molecule has 0 amide bonds. The first-order valence-corrected chi connectivity index (χ1v) is 6.16. The van der Waals surface area contributed by atoms with E-state index in [0.717, 1.165) is 0 Å². The Morgan fingerprint density at radius 3 is 2.45 bits per heavy atom. The maximum absolute atomic E-state index is 12.0. The summed E-state index contributed by atoms with van der Waals surface area (Å²) in [6.45, 7) is 2.54. The highest BCUT2D eigenvalue weighted by atomic mass is 16.5. The van der Waals surface area contributed by atoms with Gasteiger partial charge in [0.05, 0.1) is 13.2 Å². The second-order valence-corrected chi connectivity index (χ2v) is 4.04. The standard InChI is InChI=1S/C15H14N2O3/c1-3-9-16-10-11-17(15(19)14(16)18)12-5-7-13(8-6-12)20-4-2/h1,5-8,10-11H,4,9H2,2H3. The molecule has 0 aliphatic carbocycles. The summed E-state index contributed by atoms with van der Waals surface area (Å²) in [5, 5.41) is 0. The Kier molecular flexibility index (Phi) is 4.06. The van der Waals surface area contributed by atoms with Gasteiger partial charge in [0.25, 0.3) is 0 Å². The number of ether oxygens (including phenoxy) is 1. The van der Waals surface area contributed by atoms with Crippen LogP contribution in [-0.4, -0.2) is 15.7 Å². The van der Waals surface area contributed by atoms with Crippen LogP contribution in [0, 0.1) is 12.3 Å². The van der Waals surface area contributed by atoms with E-state index >= 15 is 0 Å². The van der Waals surface area contributed by atoms with Crippen LogP contribution in [0.25, 0.3) is 5.69 Å². The van der Waals surface area contributed by atoms with E-state index in [9.17, 15) is 9.59 Å². The topological polar surface area (TPSA) is 53.2 Å². The predicted molar refractivity (Wildman–Crippen MR) is 76.3 cm³/mol. The molecule has 5 nitrogen and oxygen atoms in total. The average Bonchev–Trinajstić information content (AvgIpc) is 2.46. The molecule has 1 aromatic heterocycles. The van der Waals surface area contributed by atoms with Crippen LogP contribution in [0.4, 0.5) is 0 Å². The van der Waals surface area contributed by atoms with Crippen molar-refractivity contribution in [1.82, 2.24) is 9.13 Å². The molecule has 0 saturated carbocycles. The van der Waals surface area contributed by atoms with Crippen LogP contribution < -0.4 is 15.9 Å². The summed E-state index contributed by atoms with van der Waals surface area (Å²) in [5.74, 6) is 3.04. The largest absolute Gasteiger partial charge is 0.494 e. The monoisotopic (exact) mass is 270 g/mol. The van der Waals surface area contributed by atoms with E-state index in [0.29, 0.717) is 18.0 Å². The molecule has 1 heterocycles. The summed E-state index contributed by atoms with van der Waals surface area (Å²) in [7, 11) is 0. The van der Waals surface area contributed by atoms with Crippen LogP contribution >= 0.6 is 0 Å². The van der Waals surface area contributed by atoms with Gasteiger partial charge < -0.3 is 4.74 Å². The molecular formula is C15H14N2O3. The minimum Gasteiger partial charge on any atom is -0.494 e. The molecule has 0 fully saturated rings. The van der Waals surface area contributed by atoms with Crippen LogP contribution in [-0.2, 0) is 6.54 Å². The Bertz CT molecular complexity index is 748. The Labute approximate surface area is 116 Å². The second kappa shape index (κ2) is 5.93. The van der Waals surface area contributed by atoms with Crippen molar-refractivity contribution in [3.63, 3.8) is 0 Å². The van der Waals surface area contributed by atoms with Crippen LogP contribution in [0.2, 0.25) is 0 Å². The third kappa shape index (κ3) is 2.64. The summed E-state index contributed by atoms with van der Waals surface area (Å²) in [4.78, 5) is 23.8. The molecule has 2 aromatic rings. The number of terminal acetylenes is 1. The van der Waals surface area contributed by atoms with Gasteiger partial charge in [-0.25, -0.2) is 0 Å². The molecule has 0 spiro atoms. The van der Waals surface area contributed by atoms with Gasteiger partial charge in [0.1, 0.15) is 5.75 Å². The first-order chi connectivity index (χ1) is 9.67. The van der Waals surface area contributed by atoms with Crippen molar-refractivity contribution in [2.75, 3.05) is 6.61 Å². The summed E-state index contributed by atoms with van der Waals surface area (Å²) in [6, 6.07) is 6.94. The molecule has 2 rings (SSSR count). The number of hydrogen-bond acceptors (Lipinski definition) is 3. The molecule has 0 unspecified atom stereocenters. The lowest BCUT2D eigenvalue weighted by atomic mass is 10.3. The van der Waals surface area contributed by atoms with E-state index in [1.165, 1.54) is 21.5 Å². The van der Waals surface area contributed by atoms with E-state index in [-0.39, 0.29) is 6.54 Å². The maximum atomic E-state index is 12.0. The SMILES string of the molecule is C#CCn1ccn(-c2ccc(OCC)cc2)c(=O)c1=O. The van der Waals surface area contributed by atoms with Crippen molar-refractivity contribution < 1.29 is 4.74 Å². The summed E-state index contributed by atoms with van der Waals surface area (Å²) >= 11 is 0. The first kappa shape index (κ1) is 13.7. The van der Waals surface area contributed by atoms with Gasteiger partial charge in [0.15, 0.2) is 0 Å². The zero-order valence-corrected chi connectivity index (χ0v) is 11.1. The lowest BCUT2D eigenvalue weighted by Crippen LogP contribution is -2.39. The number of nitrogens with zero attached hydrogens (tertiary/aromatic N) is 2. The second-order valence-electron chi connectivity index (χ2n) is 4.04. The van der Waals surface area contributed by atoms with Crippen molar-refractivity contribution in [3.05, 3.63) is 57.4 Å². The number of benzene rings is 1. The van der Waals surface area contributed by atoms with Crippen molar-refractivity contribution in [2.24, 2.45) is 0 Å². The highest BCUT2D eigenvalue weighted by Gasteiger charge is 2.06. The van der Waals surface area contributed by atoms with E-state index in [4.69, 9.17) is 11.2 Å². The molecule has 0 saturated heterocycles. The van der Waals surface area contributed by atoms with Gasteiger partial charge in [-0.3, -0.25) is 18.7 Å². The van der Waals surface area contributed by atoms with E-state index in [1.54, 1.807) is 24.3 Å². The molecular weight excluding hydrogens is 256 g/mol. The lowest BCUT2D eigenvalue weighted by molar-refractivity contribution is 0.340. The van der Waals surface area contributed by atoms with Gasteiger partial charge in [0, 0.05) is 18.1 Å². The normalized spacial score (nSPS) is 10.0. The maximum Gasteiger partial charge on any atom is 0.321 e. The molecule has 0 aliphatic heterocycles. The fourth-order valence-electron chi connectivity index (χ4n) is 1.80. The highest BCUT2D eigenvalue weighted by molar-refractivity contribution is 5.37. The third-order valence-electron chi connectivity index (χ3n) is 2.75. The van der Waals surface area contributed by atoms with Crippen LogP contribution in [0.1, 0.15) is 6.92 Å². The van der Waals surface area contributed by atoms with Crippen LogP contribution in [0.15, 0.2) is 46.2 Å². The van der Waals surface area contributed by atoms with Gasteiger partial charge in [0.2, 0.25) is 0 Å². The van der Waals surface area contributed by atoms with Crippen LogP contribution in [0.5, 0.6) is 5.75 Å². The fourth-order valence-corrected chi connectivity index (χ4v) is 1.80.